The van der Waals surface area contributed by atoms with Gasteiger partial charge in [-0.3, -0.25) is 4.90 Å². The van der Waals surface area contributed by atoms with Crippen molar-refractivity contribution < 1.29 is 0 Å². The molecule has 3 aliphatic rings. The van der Waals surface area contributed by atoms with E-state index in [2.05, 4.69) is 4.90 Å². The van der Waals surface area contributed by atoms with Crippen LogP contribution in [-0.4, -0.2) is 30.6 Å². The van der Waals surface area contributed by atoms with Crippen LogP contribution < -0.4 is 5.73 Å². The largest absolute Gasteiger partial charge is 0.329 e. The maximum absolute atomic E-state index is 5.65. The highest BCUT2D eigenvalue weighted by molar-refractivity contribution is 5.85. The second-order valence-electron chi connectivity index (χ2n) is 3.60. The first-order valence-corrected chi connectivity index (χ1v) is 4.34. The molecule has 0 amide bonds. The first kappa shape index (κ1) is 12.5. The van der Waals surface area contributed by atoms with Crippen molar-refractivity contribution in [3.63, 3.8) is 0 Å². The third kappa shape index (κ3) is 2.25. The van der Waals surface area contributed by atoms with Crippen molar-refractivity contribution in [2.75, 3.05) is 19.6 Å². The summed E-state index contributed by atoms with van der Waals surface area (Å²) in [5.41, 5.74) is 5.65. The third-order valence-electron chi connectivity index (χ3n) is 3.04. The summed E-state index contributed by atoms with van der Waals surface area (Å²) in [5, 5.41) is 0. The smallest absolute Gasteiger partial charge is 0.0221 e. The van der Waals surface area contributed by atoms with Gasteiger partial charge in [-0.2, -0.15) is 0 Å². The minimum absolute atomic E-state index is 0. The molecule has 1 atom stereocenters. The van der Waals surface area contributed by atoms with E-state index in [0.29, 0.717) is 0 Å². The van der Waals surface area contributed by atoms with E-state index in [1.807, 2.05) is 0 Å². The number of hydrogen-bond acceptors (Lipinski definition) is 2. The van der Waals surface area contributed by atoms with Gasteiger partial charge in [0.05, 0.1) is 0 Å². The fourth-order valence-corrected chi connectivity index (χ4v) is 2.33. The molecule has 3 saturated heterocycles. The zero-order chi connectivity index (χ0) is 6.97. The number of piperidine rings is 3. The van der Waals surface area contributed by atoms with Crippen LogP contribution in [0.3, 0.4) is 0 Å². The number of nitrogens with two attached hydrogens (primary N) is 1. The molecule has 0 aliphatic carbocycles. The number of nitrogens with zero attached hydrogens (tertiary/aromatic N) is 1. The molecule has 3 aliphatic heterocycles. The summed E-state index contributed by atoms with van der Waals surface area (Å²) in [4.78, 5) is 2.56. The van der Waals surface area contributed by atoms with E-state index in [-0.39, 0.29) is 24.8 Å². The van der Waals surface area contributed by atoms with Crippen molar-refractivity contribution in [2.45, 2.75) is 25.3 Å². The molecule has 3 fully saturated rings. The molecule has 0 saturated carbocycles. The fourth-order valence-electron chi connectivity index (χ4n) is 2.33. The second-order valence-corrected chi connectivity index (χ2v) is 3.60. The summed E-state index contributed by atoms with van der Waals surface area (Å²) in [7, 11) is 0. The number of halogens is 2. The molecule has 4 heteroatoms. The van der Waals surface area contributed by atoms with E-state index >= 15 is 0 Å². The molecular weight excluding hydrogens is 195 g/mol. The monoisotopic (exact) mass is 212 g/mol. The maximum Gasteiger partial charge on any atom is 0.0221 e. The second kappa shape index (κ2) is 5.28. The van der Waals surface area contributed by atoms with E-state index in [9.17, 15) is 0 Å². The van der Waals surface area contributed by atoms with Crippen LogP contribution in [0.25, 0.3) is 0 Å². The first-order chi connectivity index (χ1) is 4.90. The predicted octanol–water partition coefficient (Wildman–Crippen LogP) is 1.27. The van der Waals surface area contributed by atoms with Crippen LogP contribution in [0.4, 0.5) is 0 Å². The summed E-state index contributed by atoms with van der Waals surface area (Å²) in [6.45, 7) is 3.50. The van der Waals surface area contributed by atoms with Gasteiger partial charge in [0, 0.05) is 12.6 Å². The Labute approximate surface area is 86.7 Å². The van der Waals surface area contributed by atoms with Gasteiger partial charge in [0.15, 0.2) is 0 Å². The van der Waals surface area contributed by atoms with Crippen LogP contribution in [0.5, 0.6) is 0 Å². The summed E-state index contributed by atoms with van der Waals surface area (Å²) >= 11 is 0. The number of hydrogen-bond donors (Lipinski definition) is 1. The summed E-state index contributed by atoms with van der Waals surface area (Å²) < 4.78 is 0. The molecule has 0 radical (unpaired) electrons. The molecule has 0 spiro atoms. The Morgan fingerprint density at radius 2 is 1.75 bits per heavy atom. The van der Waals surface area contributed by atoms with Crippen LogP contribution in [0, 0.1) is 5.92 Å². The van der Waals surface area contributed by atoms with Crippen molar-refractivity contribution in [3.05, 3.63) is 0 Å². The lowest BCUT2D eigenvalue weighted by Crippen LogP contribution is -2.51. The Hall–Kier alpha value is 0.500. The first-order valence-electron chi connectivity index (χ1n) is 4.34. The van der Waals surface area contributed by atoms with Crippen molar-refractivity contribution in [1.29, 1.82) is 0 Å². The Kier molecular flexibility index (Phi) is 5.50. The Morgan fingerprint density at radius 3 is 2.00 bits per heavy atom. The molecule has 3 rings (SSSR count). The van der Waals surface area contributed by atoms with Crippen LogP contribution in [0.1, 0.15) is 19.3 Å². The molecule has 0 aromatic rings. The average molecular weight is 213 g/mol. The zero-order valence-electron chi connectivity index (χ0n) is 7.24. The van der Waals surface area contributed by atoms with Crippen molar-refractivity contribution in [3.8, 4) is 0 Å². The summed E-state index contributed by atoms with van der Waals surface area (Å²) in [6.07, 6.45) is 4.23. The van der Waals surface area contributed by atoms with Gasteiger partial charge < -0.3 is 5.73 Å². The lowest BCUT2D eigenvalue weighted by Gasteiger charge is -2.45. The van der Waals surface area contributed by atoms with Gasteiger partial charge in [-0.1, -0.05) is 0 Å². The van der Waals surface area contributed by atoms with Crippen LogP contribution in [-0.2, 0) is 0 Å². The van der Waals surface area contributed by atoms with Crippen molar-refractivity contribution in [1.82, 2.24) is 4.90 Å². The van der Waals surface area contributed by atoms with E-state index in [1.165, 1.54) is 32.4 Å². The minimum Gasteiger partial charge on any atom is -0.329 e. The van der Waals surface area contributed by atoms with Gasteiger partial charge in [-0.15, -0.1) is 24.8 Å². The van der Waals surface area contributed by atoms with Crippen molar-refractivity contribution in [2.24, 2.45) is 11.7 Å². The zero-order valence-corrected chi connectivity index (χ0v) is 8.87. The molecule has 0 aromatic carbocycles. The quantitative estimate of drug-likeness (QED) is 0.710. The van der Waals surface area contributed by atoms with E-state index in [1.54, 1.807) is 0 Å². The van der Waals surface area contributed by atoms with Crippen LogP contribution in [0.15, 0.2) is 0 Å². The molecule has 2 bridgehead atoms. The highest BCUT2D eigenvalue weighted by Gasteiger charge is 2.32. The van der Waals surface area contributed by atoms with Crippen LogP contribution in [0.2, 0.25) is 0 Å². The normalized spacial score (nSPS) is 38.2. The summed E-state index contributed by atoms with van der Waals surface area (Å²) in [5.74, 6) is 1.01. The Morgan fingerprint density at radius 1 is 1.17 bits per heavy atom. The molecule has 74 valence electrons. The molecule has 0 aromatic heterocycles. The van der Waals surface area contributed by atoms with Gasteiger partial charge in [-0.05, 0) is 38.3 Å². The fraction of sp³-hybridized carbons (Fsp3) is 1.00. The molecular formula is C8H18Cl2N2. The van der Waals surface area contributed by atoms with Crippen molar-refractivity contribution >= 4 is 24.8 Å². The third-order valence-corrected chi connectivity index (χ3v) is 3.04. The number of fused-ring (bicyclic) bond motifs is 3. The lowest BCUT2D eigenvalue weighted by atomic mass is 9.83. The van der Waals surface area contributed by atoms with E-state index < -0.39 is 0 Å². The number of rotatable bonds is 1. The average Bonchev–Trinajstić information content (AvgIpc) is 2.06. The van der Waals surface area contributed by atoms with Gasteiger partial charge in [0.1, 0.15) is 0 Å². The molecule has 2 nitrogen and oxygen atoms in total. The summed E-state index contributed by atoms with van der Waals surface area (Å²) in [6, 6.07) is 0.729. The highest BCUT2D eigenvalue weighted by atomic mass is 35.5. The lowest BCUT2D eigenvalue weighted by molar-refractivity contribution is 0.0542. The SMILES string of the molecule is Cl.Cl.NCC1CC2CCN1CC2. The Balaban J connectivity index is 0.000000605. The van der Waals surface area contributed by atoms with E-state index in [4.69, 9.17) is 5.73 Å². The topological polar surface area (TPSA) is 29.3 Å². The van der Waals surface area contributed by atoms with Gasteiger partial charge in [0.2, 0.25) is 0 Å². The van der Waals surface area contributed by atoms with Gasteiger partial charge >= 0.3 is 0 Å². The van der Waals surface area contributed by atoms with Gasteiger partial charge in [0.25, 0.3) is 0 Å². The predicted molar refractivity (Wildman–Crippen MR) is 56.3 cm³/mol. The van der Waals surface area contributed by atoms with E-state index in [0.717, 1.165) is 18.5 Å². The molecule has 1 unspecified atom stereocenters. The maximum atomic E-state index is 5.65. The minimum atomic E-state index is 0. The van der Waals surface area contributed by atoms with Crippen LogP contribution >= 0.6 is 24.8 Å². The standard InChI is InChI=1S/C8H16N2.2ClH/c9-6-8-5-7-1-3-10(8)4-2-7;;/h7-8H,1-6,9H2;2*1H. The highest BCUT2D eigenvalue weighted by Crippen LogP contribution is 2.30. The van der Waals surface area contributed by atoms with Gasteiger partial charge in [-0.25, -0.2) is 0 Å². The molecule has 3 heterocycles. The molecule has 2 N–H and O–H groups in total. The Bertz CT molecular complexity index is 124. The molecule has 12 heavy (non-hydrogen) atoms.